The molecule has 0 atom stereocenters. The summed E-state index contributed by atoms with van der Waals surface area (Å²) in [6, 6.07) is 4.20. The highest BCUT2D eigenvalue weighted by Gasteiger charge is 2.03. The van der Waals surface area contributed by atoms with Crippen molar-refractivity contribution >= 4 is 17.3 Å². The Labute approximate surface area is 122 Å². The molecule has 0 spiro atoms. The molecule has 6 nitrogen and oxygen atoms in total. The zero-order valence-corrected chi connectivity index (χ0v) is 12.5. The van der Waals surface area contributed by atoms with Gasteiger partial charge in [-0.2, -0.15) is 4.98 Å². The van der Waals surface area contributed by atoms with Crippen LogP contribution in [0.5, 0.6) is 0 Å². The lowest BCUT2D eigenvalue weighted by Crippen LogP contribution is -2.38. The number of rotatable bonds is 6. The second-order valence-corrected chi connectivity index (χ2v) is 5.22. The zero-order chi connectivity index (χ0) is 14.2. The Morgan fingerprint density at radius 2 is 2.35 bits per heavy atom. The zero-order valence-electron chi connectivity index (χ0n) is 11.7. The first-order valence-electron chi connectivity index (χ1n) is 6.61. The summed E-state index contributed by atoms with van der Waals surface area (Å²) in [6.07, 6.45) is 0.988. The number of nitrogens with one attached hydrogen (secondary N) is 2. The van der Waals surface area contributed by atoms with Crippen LogP contribution in [0.1, 0.15) is 23.5 Å². The number of thiophene rings is 1. The van der Waals surface area contributed by atoms with Crippen molar-refractivity contribution in [1.29, 1.82) is 0 Å². The highest BCUT2D eigenvalue weighted by molar-refractivity contribution is 7.09. The first-order valence-corrected chi connectivity index (χ1v) is 7.49. The lowest BCUT2D eigenvalue weighted by atomic mass is 10.3. The van der Waals surface area contributed by atoms with Crippen LogP contribution < -0.4 is 10.6 Å². The Balaban J connectivity index is 1.82. The molecule has 0 saturated carbocycles. The second kappa shape index (κ2) is 7.64. The van der Waals surface area contributed by atoms with Crippen LogP contribution in [0.3, 0.4) is 0 Å². The summed E-state index contributed by atoms with van der Waals surface area (Å²) in [5.41, 5.74) is 0. The van der Waals surface area contributed by atoms with E-state index in [1.54, 1.807) is 18.3 Å². The summed E-state index contributed by atoms with van der Waals surface area (Å²) in [7, 11) is 0. The Morgan fingerprint density at radius 3 is 3.00 bits per heavy atom. The molecule has 0 bridgehead atoms. The van der Waals surface area contributed by atoms with Gasteiger partial charge in [-0.3, -0.25) is 0 Å². The molecule has 0 aliphatic heterocycles. The van der Waals surface area contributed by atoms with Crippen molar-refractivity contribution in [2.45, 2.75) is 26.8 Å². The molecule has 2 rings (SSSR count). The molecule has 0 amide bonds. The minimum atomic E-state index is 0.384. The summed E-state index contributed by atoms with van der Waals surface area (Å²) in [5, 5.41) is 12.3. The molecule has 2 aromatic rings. The van der Waals surface area contributed by atoms with Gasteiger partial charge < -0.3 is 15.2 Å². The maximum Gasteiger partial charge on any atom is 0.248 e. The van der Waals surface area contributed by atoms with Crippen LogP contribution in [-0.4, -0.2) is 29.2 Å². The summed E-state index contributed by atoms with van der Waals surface area (Å²) in [6.45, 7) is 5.87. The largest absolute Gasteiger partial charge is 0.357 e. The van der Waals surface area contributed by atoms with Crippen molar-refractivity contribution in [1.82, 2.24) is 20.8 Å². The van der Waals surface area contributed by atoms with E-state index in [4.69, 9.17) is 4.52 Å². The molecular formula is C13H19N5OS. The fraction of sp³-hybridized carbons (Fsp3) is 0.462. The Bertz CT molecular complexity index is 535. The van der Waals surface area contributed by atoms with Crippen LogP contribution in [0, 0.1) is 6.92 Å². The minimum absolute atomic E-state index is 0.384. The van der Waals surface area contributed by atoms with Gasteiger partial charge in [-0.25, -0.2) is 4.99 Å². The summed E-state index contributed by atoms with van der Waals surface area (Å²) < 4.78 is 5.03. The average molecular weight is 293 g/mol. The number of aromatic nitrogens is 2. The smallest absolute Gasteiger partial charge is 0.248 e. The first kappa shape index (κ1) is 14.5. The molecule has 7 heteroatoms. The topological polar surface area (TPSA) is 75.3 Å². The van der Waals surface area contributed by atoms with Crippen molar-refractivity contribution < 1.29 is 4.52 Å². The lowest BCUT2D eigenvalue weighted by Gasteiger charge is -2.10. The molecule has 2 aromatic heterocycles. The van der Waals surface area contributed by atoms with E-state index >= 15 is 0 Å². The summed E-state index contributed by atoms with van der Waals surface area (Å²) in [4.78, 5) is 9.90. The molecule has 0 aromatic carbocycles. The number of guanidine groups is 1. The van der Waals surface area contributed by atoms with Crippen molar-refractivity contribution in [3.63, 3.8) is 0 Å². The molecule has 0 fully saturated rings. The van der Waals surface area contributed by atoms with E-state index in [-0.39, 0.29) is 0 Å². The van der Waals surface area contributed by atoms with Gasteiger partial charge in [-0.1, -0.05) is 11.2 Å². The van der Waals surface area contributed by atoms with Crippen molar-refractivity contribution in [2.24, 2.45) is 4.99 Å². The van der Waals surface area contributed by atoms with E-state index in [0.29, 0.717) is 18.3 Å². The maximum atomic E-state index is 5.03. The minimum Gasteiger partial charge on any atom is -0.357 e. The highest BCUT2D eigenvalue weighted by Crippen LogP contribution is 2.08. The predicted molar refractivity (Wildman–Crippen MR) is 79.9 cm³/mol. The van der Waals surface area contributed by atoms with Gasteiger partial charge in [0.15, 0.2) is 11.8 Å². The van der Waals surface area contributed by atoms with Gasteiger partial charge in [0.05, 0.1) is 0 Å². The molecule has 0 radical (unpaired) electrons. The molecule has 20 heavy (non-hydrogen) atoms. The molecule has 108 valence electrons. The third-order valence-corrected chi connectivity index (χ3v) is 3.47. The normalized spacial score (nSPS) is 11.6. The number of hydrogen-bond donors (Lipinski definition) is 2. The number of aliphatic imine (C=N–C) groups is 1. The number of aryl methyl sites for hydroxylation is 1. The second-order valence-electron chi connectivity index (χ2n) is 4.19. The Morgan fingerprint density at radius 1 is 1.45 bits per heavy atom. The van der Waals surface area contributed by atoms with Crippen molar-refractivity contribution in [3.8, 4) is 0 Å². The highest BCUT2D eigenvalue weighted by atomic mass is 32.1. The van der Waals surface area contributed by atoms with E-state index < -0.39 is 0 Å². The number of hydrogen-bond acceptors (Lipinski definition) is 5. The van der Waals surface area contributed by atoms with E-state index in [1.165, 1.54) is 4.88 Å². The van der Waals surface area contributed by atoms with Crippen LogP contribution >= 0.6 is 11.3 Å². The van der Waals surface area contributed by atoms with Crippen LogP contribution in [0.4, 0.5) is 0 Å². The summed E-state index contributed by atoms with van der Waals surface area (Å²) in [5.74, 6) is 1.92. The SMILES string of the molecule is CCNC(=NCc1nc(C)no1)NCCc1cccs1. The third-order valence-electron chi connectivity index (χ3n) is 2.53. The van der Waals surface area contributed by atoms with Crippen molar-refractivity contribution in [3.05, 3.63) is 34.1 Å². The van der Waals surface area contributed by atoms with Crippen LogP contribution in [-0.2, 0) is 13.0 Å². The predicted octanol–water partition coefficient (Wildman–Crippen LogP) is 1.74. The van der Waals surface area contributed by atoms with Gasteiger partial charge in [0.1, 0.15) is 6.54 Å². The van der Waals surface area contributed by atoms with E-state index in [2.05, 4.69) is 43.3 Å². The van der Waals surface area contributed by atoms with Gasteiger partial charge in [-0.15, -0.1) is 11.3 Å². The van der Waals surface area contributed by atoms with E-state index in [9.17, 15) is 0 Å². The molecule has 0 aliphatic rings. The van der Waals surface area contributed by atoms with Gasteiger partial charge in [0.2, 0.25) is 5.89 Å². The monoisotopic (exact) mass is 293 g/mol. The molecule has 2 N–H and O–H groups in total. The molecule has 0 unspecified atom stereocenters. The standard InChI is InChI=1S/C13H19N5OS/c1-3-14-13(15-7-6-11-5-4-8-20-11)16-9-12-17-10(2)18-19-12/h4-5,8H,3,6-7,9H2,1-2H3,(H2,14,15,16). The van der Waals surface area contributed by atoms with Gasteiger partial charge in [-0.05, 0) is 31.7 Å². The maximum absolute atomic E-state index is 5.03. The van der Waals surface area contributed by atoms with Crippen LogP contribution in [0.15, 0.2) is 27.0 Å². The third kappa shape index (κ3) is 4.65. The lowest BCUT2D eigenvalue weighted by molar-refractivity contribution is 0.376. The van der Waals surface area contributed by atoms with E-state index in [1.807, 2.05) is 6.92 Å². The van der Waals surface area contributed by atoms with E-state index in [0.717, 1.165) is 25.5 Å². The van der Waals surface area contributed by atoms with Crippen LogP contribution in [0.25, 0.3) is 0 Å². The Hall–Kier alpha value is -1.89. The molecular weight excluding hydrogens is 274 g/mol. The van der Waals surface area contributed by atoms with Gasteiger partial charge >= 0.3 is 0 Å². The van der Waals surface area contributed by atoms with Gasteiger partial charge in [0.25, 0.3) is 0 Å². The fourth-order valence-corrected chi connectivity index (χ4v) is 2.36. The Kier molecular flexibility index (Phi) is 5.55. The molecule has 2 heterocycles. The van der Waals surface area contributed by atoms with Gasteiger partial charge in [0, 0.05) is 18.0 Å². The average Bonchev–Trinajstić information content (AvgIpc) is 3.07. The molecule has 0 aliphatic carbocycles. The van der Waals surface area contributed by atoms with Crippen molar-refractivity contribution in [2.75, 3.05) is 13.1 Å². The summed E-state index contributed by atoms with van der Waals surface area (Å²) >= 11 is 1.77. The van der Waals surface area contributed by atoms with Crippen LogP contribution in [0.2, 0.25) is 0 Å². The molecule has 0 saturated heterocycles. The first-order chi connectivity index (χ1) is 9.78. The quantitative estimate of drug-likeness (QED) is 0.627. The number of nitrogens with zero attached hydrogens (tertiary/aromatic N) is 3. The fourth-order valence-electron chi connectivity index (χ4n) is 1.65.